The lowest BCUT2D eigenvalue weighted by Gasteiger charge is -2.03. The normalized spacial score (nSPS) is 10.9. The molecule has 0 radical (unpaired) electrons. The zero-order valence-corrected chi connectivity index (χ0v) is 11.0. The van der Waals surface area contributed by atoms with E-state index in [9.17, 15) is 4.79 Å². The number of aryl methyl sites for hydroxylation is 1. The Labute approximate surface area is 108 Å². The molecule has 0 aliphatic carbocycles. The summed E-state index contributed by atoms with van der Waals surface area (Å²) in [5.74, 6) is -0.719. The van der Waals surface area contributed by atoms with E-state index in [1.165, 1.54) is 10.9 Å². The Morgan fingerprint density at radius 3 is 2.82 bits per heavy atom. The summed E-state index contributed by atoms with van der Waals surface area (Å²) in [6, 6.07) is 8.19. The van der Waals surface area contributed by atoms with Gasteiger partial charge in [-0.1, -0.05) is 18.2 Å². The first-order valence-corrected chi connectivity index (χ1v) is 6.43. The van der Waals surface area contributed by atoms with Gasteiger partial charge in [0.05, 0.1) is 0 Å². The van der Waals surface area contributed by atoms with Crippen LogP contribution in [0.2, 0.25) is 0 Å². The number of carbonyl (C=O) groups is 1. The number of benzene rings is 1. The summed E-state index contributed by atoms with van der Waals surface area (Å²) in [5, 5.41) is 9.77. The smallest absolute Gasteiger partial charge is 0.303 e. The van der Waals surface area contributed by atoms with E-state index in [4.69, 9.17) is 5.11 Å². The first-order valence-electron chi connectivity index (χ1n) is 5.63. The van der Waals surface area contributed by atoms with Crippen LogP contribution in [0.15, 0.2) is 34.9 Å². The van der Waals surface area contributed by atoms with Gasteiger partial charge in [0.15, 0.2) is 0 Å². The Kier molecular flexibility index (Phi) is 3.84. The second-order valence-corrected chi connectivity index (χ2v) is 4.89. The molecule has 0 bridgehead atoms. The van der Waals surface area contributed by atoms with E-state index in [-0.39, 0.29) is 6.42 Å². The molecule has 0 aliphatic heterocycles. The second kappa shape index (κ2) is 5.36. The quantitative estimate of drug-likeness (QED) is 0.856. The maximum absolute atomic E-state index is 10.4. The topological polar surface area (TPSA) is 42.2 Å². The highest BCUT2D eigenvalue weighted by Gasteiger charge is 2.05. The van der Waals surface area contributed by atoms with Crippen molar-refractivity contribution in [3.63, 3.8) is 0 Å². The predicted molar refractivity (Wildman–Crippen MR) is 71.1 cm³/mol. The Hall–Kier alpha value is -1.29. The summed E-state index contributed by atoms with van der Waals surface area (Å²) < 4.78 is 3.26. The van der Waals surface area contributed by atoms with E-state index < -0.39 is 5.97 Å². The van der Waals surface area contributed by atoms with Gasteiger partial charge in [0.1, 0.15) is 0 Å². The molecule has 0 unspecified atom stereocenters. The number of unbranched alkanes of at least 4 members (excludes halogenated alkanes) is 1. The third kappa shape index (κ3) is 2.88. The third-order valence-corrected chi connectivity index (χ3v) is 3.41. The van der Waals surface area contributed by atoms with Crippen LogP contribution in [0.25, 0.3) is 10.9 Å². The van der Waals surface area contributed by atoms with Crippen molar-refractivity contribution < 1.29 is 9.90 Å². The molecule has 17 heavy (non-hydrogen) atoms. The summed E-state index contributed by atoms with van der Waals surface area (Å²) >= 11 is 3.53. The highest BCUT2D eigenvalue weighted by Crippen LogP contribution is 2.26. The van der Waals surface area contributed by atoms with Crippen LogP contribution in [0.1, 0.15) is 19.3 Å². The standard InChI is InChI=1S/C13H14BrNO2/c14-11-9-15(8-4-3-7-13(16)17)12-6-2-1-5-10(11)12/h1-2,5-6,9H,3-4,7-8H2,(H,16,17). The fraction of sp³-hybridized carbons (Fsp3) is 0.308. The summed E-state index contributed by atoms with van der Waals surface area (Å²) in [4.78, 5) is 10.4. The van der Waals surface area contributed by atoms with Crippen LogP contribution < -0.4 is 0 Å². The zero-order chi connectivity index (χ0) is 12.3. The summed E-state index contributed by atoms with van der Waals surface area (Å²) in [6.45, 7) is 0.861. The van der Waals surface area contributed by atoms with Gasteiger partial charge < -0.3 is 9.67 Å². The van der Waals surface area contributed by atoms with Gasteiger partial charge in [-0.25, -0.2) is 0 Å². The van der Waals surface area contributed by atoms with Crippen LogP contribution in [0.3, 0.4) is 0 Å². The molecular formula is C13H14BrNO2. The lowest BCUT2D eigenvalue weighted by molar-refractivity contribution is -0.137. The molecule has 0 saturated heterocycles. The van der Waals surface area contributed by atoms with Gasteiger partial charge in [-0.2, -0.15) is 0 Å². The number of carboxylic acids is 1. The van der Waals surface area contributed by atoms with Gasteiger partial charge in [0.2, 0.25) is 0 Å². The van der Waals surface area contributed by atoms with Gasteiger partial charge in [-0.3, -0.25) is 4.79 Å². The van der Waals surface area contributed by atoms with E-state index in [0.29, 0.717) is 0 Å². The molecule has 2 rings (SSSR count). The summed E-state index contributed by atoms with van der Waals surface area (Å²) in [7, 11) is 0. The Morgan fingerprint density at radius 2 is 2.06 bits per heavy atom. The molecule has 0 aliphatic rings. The number of para-hydroxylation sites is 1. The maximum atomic E-state index is 10.4. The average molecular weight is 296 g/mol. The van der Waals surface area contributed by atoms with Crippen LogP contribution >= 0.6 is 15.9 Å². The van der Waals surface area contributed by atoms with Gasteiger partial charge in [0, 0.05) is 34.5 Å². The minimum absolute atomic E-state index is 0.250. The molecule has 0 spiro atoms. The lowest BCUT2D eigenvalue weighted by atomic mass is 10.2. The fourth-order valence-electron chi connectivity index (χ4n) is 1.95. The van der Waals surface area contributed by atoms with Gasteiger partial charge in [-0.05, 0) is 34.8 Å². The van der Waals surface area contributed by atoms with Crippen molar-refractivity contribution in [3.8, 4) is 0 Å². The second-order valence-electron chi connectivity index (χ2n) is 4.04. The number of hydrogen-bond donors (Lipinski definition) is 1. The molecule has 4 heteroatoms. The van der Waals surface area contributed by atoms with Crippen LogP contribution in [-0.4, -0.2) is 15.6 Å². The van der Waals surface area contributed by atoms with Crippen LogP contribution in [-0.2, 0) is 11.3 Å². The molecule has 1 N–H and O–H groups in total. The minimum Gasteiger partial charge on any atom is -0.481 e. The number of aliphatic carboxylic acids is 1. The number of fused-ring (bicyclic) bond motifs is 1. The highest BCUT2D eigenvalue weighted by molar-refractivity contribution is 9.10. The SMILES string of the molecule is O=C(O)CCCCn1cc(Br)c2ccccc21. The maximum Gasteiger partial charge on any atom is 0.303 e. The van der Waals surface area contributed by atoms with Crippen molar-refractivity contribution in [2.24, 2.45) is 0 Å². The molecule has 1 aromatic heterocycles. The lowest BCUT2D eigenvalue weighted by Crippen LogP contribution is -1.99. The zero-order valence-electron chi connectivity index (χ0n) is 9.40. The Morgan fingerprint density at radius 1 is 1.29 bits per heavy atom. The Balaban J connectivity index is 2.06. The van der Waals surface area contributed by atoms with E-state index in [0.717, 1.165) is 23.9 Å². The molecule has 1 aromatic carbocycles. The van der Waals surface area contributed by atoms with Gasteiger partial charge in [-0.15, -0.1) is 0 Å². The molecule has 90 valence electrons. The number of aromatic nitrogens is 1. The van der Waals surface area contributed by atoms with Crippen molar-refractivity contribution in [2.75, 3.05) is 0 Å². The number of hydrogen-bond acceptors (Lipinski definition) is 1. The summed E-state index contributed by atoms with van der Waals surface area (Å²) in [5.41, 5.74) is 1.19. The monoisotopic (exact) mass is 295 g/mol. The first-order chi connectivity index (χ1) is 8.18. The Bertz CT molecular complexity index is 533. The van der Waals surface area contributed by atoms with Crippen LogP contribution in [0, 0.1) is 0 Å². The molecule has 2 aromatic rings. The third-order valence-electron chi connectivity index (χ3n) is 2.78. The van der Waals surface area contributed by atoms with E-state index in [1.54, 1.807) is 0 Å². The first kappa shape index (κ1) is 12.2. The molecule has 3 nitrogen and oxygen atoms in total. The minimum atomic E-state index is -0.719. The fourth-order valence-corrected chi connectivity index (χ4v) is 2.53. The predicted octanol–water partition coefficient (Wildman–Crippen LogP) is 3.66. The van der Waals surface area contributed by atoms with Gasteiger partial charge in [0.25, 0.3) is 0 Å². The number of rotatable bonds is 5. The van der Waals surface area contributed by atoms with Crippen molar-refractivity contribution in [1.29, 1.82) is 0 Å². The molecule has 0 amide bonds. The van der Waals surface area contributed by atoms with Crippen molar-refractivity contribution in [3.05, 3.63) is 34.9 Å². The number of halogens is 1. The number of carboxylic acid groups (broad SMARTS) is 1. The molecular weight excluding hydrogens is 282 g/mol. The van der Waals surface area contributed by atoms with E-state index in [1.807, 2.05) is 12.1 Å². The van der Waals surface area contributed by atoms with Gasteiger partial charge >= 0.3 is 5.97 Å². The average Bonchev–Trinajstić information content (AvgIpc) is 2.63. The highest BCUT2D eigenvalue weighted by atomic mass is 79.9. The van der Waals surface area contributed by atoms with Crippen LogP contribution in [0.4, 0.5) is 0 Å². The number of nitrogens with zero attached hydrogens (tertiary/aromatic N) is 1. The molecule has 0 atom stereocenters. The molecule has 1 heterocycles. The van der Waals surface area contributed by atoms with E-state index in [2.05, 4.69) is 38.8 Å². The van der Waals surface area contributed by atoms with Crippen LogP contribution in [0.5, 0.6) is 0 Å². The summed E-state index contributed by atoms with van der Waals surface area (Å²) in [6.07, 6.45) is 3.92. The van der Waals surface area contributed by atoms with Crippen molar-refractivity contribution in [1.82, 2.24) is 4.57 Å². The molecule has 0 saturated carbocycles. The van der Waals surface area contributed by atoms with Crippen molar-refractivity contribution >= 4 is 32.8 Å². The van der Waals surface area contributed by atoms with Crippen molar-refractivity contribution in [2.45, 2.75) is 25.8 Å². The molecule has 0 fully saturated rings. The van der Waals surface area contributed by atoms with E-state index >= 15 is 0 Å². The largest absolute Gasteiger partial charge is 0.481 e.